The Labute approximate surface area is 198 Å². The quantitative estimate of drug-likeness (QED) is 0.202. The summed E-state index contributed by atoms with van der Waals surface area (Å²) in [5.74, 6) is 0.914. The molecule has 30 heavy (non-hydrogen) atoms. The highest BCUT2D eigenvalue weighted by molar-refractivity contribution is 14.0. The molecule has 3 rings (SSSR count). The molecule has 1 aromatic heterocycles. The molecule has 0 bridgehead atoms. The number of aliphatic imine (C=N–C) groups is 1. The number of hydrogen-bond donors (Lipinski definition) is 3. The van der Waals surface area contributed by atoms with E-state index in [9.17, 15) is 0 Å². The second-order valence-electron chi connectivity index (χ2n) is 7.86. The predicted octanol–water partition coefficient (Wildman–Crippen LogP) is 3.56. The van der Waals surface area contributed by atoms with Gasteiger partial charge in [-0.05, 0) is 43.2 Å². The molecule has 168 valence electrons. The van der Waals surface area contributed by atoms with E-state index in [4.69, 9.17) is 4.74 Å². The average molecular weight is 527 g/mol. The topological polar surface area (TPSA) is 64.7 Å². The Hall–Kier alpha value is -1.32. The molecule has 1 aliphatic heterocycles. The second-order valence-corrected chi connectivity index (χ2v) is 7.86. The zero-order valence-electron chi connectivity index (χ0n) is 18.7. The fourth-order valence-corrected chi connectivity index (χ4v) is 4.21. The molecule has 0 amide bonds. The van der Waals surface area contributed by atoms with Gasteiger partial charge in [0.05, 0.1) is 0 Å². The maximum atomic E-state index is 5.16. The van der Waals surface area contributed by atoms with Gasteiger partial charge in [0, 0.05) is 70.1 Å². The summed E-state index contributed by atoms with van der Waals surface area (Å²) in [4.78, 5) is 10.4. The van der Waals surface area contributed by atoms with E-state index in [1.54, 1.807) is 7.11 Å². The standard InChI is InChI=1S/C23H37N5O.HI/c1-4-18-7-5-8-21-19(17-26-22(18)21)9-12-25-23(24-2)27-20-10-14-28(15-11-20)13-6-16-29-3;/h5,7-8,17,20,26H,4,6,9-16H2,1-3H3,(H2,24,25,27);1H. The molecule has 0 aliphatic carbocycles. The van der Waals surface area contributed by atoms with Crippen LogP contribution in [-0.4, -0.2) is 68.8 Å². The number of para-hydroxylation sites is 1. The summed E-state index contributed by atoms with van der Waals surface area (Å²) in [5.41, 5.74) is 4.03. The van der Waals surface area contributed by atoms with Crippen LogP contribution in [0.5, 0.6) is 0 Å². The van der Waals surface area contributed by atoms with Crippen molar-refractivity contribution in [2.45, 2.75) is 45.1 Å². The van der Waals surface area contributed by atoms with Crippen LogP contribution in [0.4, 0.5) is 0 Å². The minimum Gasteiger partial charge on any atom is -0.385 e. The number of piperidine rings is 1. The number of benzene rings is 1. The first-order valence-electron chi connectivity index (χ1n) is 11.0. The Kier molecular flexibility index (Phi) is 11.0. The number of aryl methyl sites for hydroxylation is 1. The summed E-state index contributed by atoms with van der Waals surface area (Å²) < 4.78 is 5.16. The summed E-state index contributed by atoms with van der Waals surface area (Å²) in [5, 5.41) is 8.45. The molecular formula is C23H38IN5O. The Morgan fingerprint density at radius 1 is 1.27 bits per heavy atom. The Morgan fingerprint density at radius 3 is 2.77 bits per heavy atom. The number of guanidine groups is 1. The number of H-pyrrole nitrogens is 1. The van der Waals surface area contributed by atoms with Crippen molar-refractivity contribution in [2.75, 3.05) is 46.9 Å². The number of ether oxygens (including phenoxy) is 1. The highest BCUT2D eigenvalue weighted by atomic mass is 127. The highest BCUT2D eigenvalue weighted by Crippen LogP contribution is 2.22. The number of fused-ring (bicyclic) bond motifs is 1. The van der Waals surface area contributed by atoms with E-state index in [2.05, 4.69) is 56.8 Å². The van der Waals surface area contributed by atoms with Gasteiger partial charge in [-0.25, -0.2) is 0 Å². The van der Waals surface area contributed by atoms with Gasteiger partial charge in [-0.15, -0.1) is 24.0 Å². The second kappa shape index (κ2) is 13.2. The van der Waals surface area contributed by atoms with Crippen LogP contribution in [-0.2, 0) is 17.6 Å². The van der Waals surface area contributed by atoms with Gasteiger partial charge in [0.1, 0.15) is 0 Å². The van der Waals surface area contributed by atoms with Crippen LogP contribution in [0.2, 0.25) is 0 Å². The van der Waals surface area contributed by atoms with Crippen LogP contribution < -0.4 is 10.6 Å². The van der Waals surface area contributed by atoms with Crippen LogP contribution in [0.1, 0.15) is 37.3 Å². The molecule has 0 atom stereocenters. The van der Waals surface area contributed by atoms with Gasteiger partial charge in [-0.3, -0.25) is 4.99 Å². The molecule has 6 nitrogen and oxygen atoms in total. The first-order valence-corrected chi connectivity index (χ1v) is 11.0. The van der Waals surface area contributed by atoms with Crippen molar-refractivity contribution in [3.8, 4) is 0 Å². The van der Waals surface area contributed by atoms with Crippen molar-refractivity contribution in [1.82, 2.24) is 20.5 Å². The lowest BCUT2D eigenvalue weighted by molar-refractivity contribution is 0.155. The fourth-order valence-electron chi connectivity index (χ4n) is 4.21. The van der Waals surface area contributed by atoms with Gasteiger partial charge >= 0.3 is 0 Å². The van der Waals surface area contributed by atoms with Crippen LogP contribution in [0.15, 0.2) is 29.4 Å². The Balaban J connectivity index is 0.00000320. The van der Waals surface area contributed by atoms with Crippen molar-refractivity contribution >= 4 is 40.8 Å². The number of aromatic amines is 1. The minimum atomic E-state index is 0. The van der Waals surface area contributed by atoms with E-state index in [-0.39, 0.29) is 24.0 Å². The van der Waals surface area contributed by atoms with Gasteiger partial charge in [0.2, 0.25) is 0 Å². The van der Waals surface area contributed by atoms with Crippen molar-refractivity contribution < 1.29 is 4.74 Å². The molecule has 2 heterocycles. The molecule has 1 saturated heterocycles. The lowest BCUT2D eigenvalue weighted by atomic mass is 10.0. The number of rotatable bonds is 9. The molecule has 1 fully saturated rings. The highest BCUT2D eigenvalue weighted by Gasteiger charge is 2.19. The summed E-state index contributed by atoms with van der Waals surface area (Å²) >= 11 is 0. The number of halogens is 1. The maximum Gasteiger partial charge on any atom is 0.191 e. The van der Waals surface area contributed by atoms with Gasteiger partial charge in [-0.2, -0.15) is 0 Å². The molecule has 0 spiro atoms. The van der Waals surface area contributed by atoms with Crippen LogP contribution in [0.3, 0.4) is 0 Å². The predicted molar refractivity (Wildman–Crippen MR) is 137 cm³/mol. The number of methoxy groups -OCH3 is 1. The van der Waals surface area contributed by atoms with E-state index in [0.717, 1.165) is 70.8 Å². The SMILES string of the molecule is CCc1cccc2c(CCNC(=NC)NC3CCN(CCCOC)CC3)c[nH]c12.I. The molecule has 1 aliphatic rings. The number of nitrogens with zero attached hydrogens (tertiary/aromatic N) is 2. The lowest BCUT2D eigenvalue weighted by Crippen LogP contribution is -2.49. The first-order chi connectivity index (χ1) is 14.2. The molecule has 0 saturated carbocycles. The molecule has 7 heteroatoms. The van der Waals surface area contributed by atoms with Gasteiger partial charge in [0.25, 0.3) is 0 Å². The third-order valence-electron chi connectivity index (χ3n) is 5.93. The van der Waals surface area contributed by atoms with Gasteiger partial charge in [-0.1, -0.05) is 25.1 Å². The maximum absolute atomic E-state index is 5.16. The molecular weight excluding hydrogens is 489 g/mol. The number of likely N-dealkylation sites (tertiary alicyclic amines) is 1. The van der Waals surface area contributed by atoms with Crippen molar-refractivity contribution in [3.63, 3.8) is 0 Å². The normalized spacial score (nSPS) is 15.9. The smallest absolute Gasteiger partial charge is 0.191 e. The zero-order valence-corrected chi connectivity index (χ0v) is 21.0. The molecule has 1 aromatic carbocycles. The minimum absolute atomic E-state index is 0. The zero-order chi connectivity index (χ0) is 20.5. The Bertz CT molecular complexity index is 783. The van der Waals surface area contributed by atoms with Gasteiger partial charge in [0.15, 0.2) is 5.96 Å². The van der Waals surface area contributed by atoms with E-state index in [0.29, 0.717) is 6.04 Å². The lowest BCUT2D eigenvalue weighted by Gasteiger charge is -2.33. The average Bonchev–Trinajstić information content (AvgIpc) is 3.17. The molecule has 3 N–H and O–H groups in total. The first kappa shape index (κ1) is 24.9. The van der Waals surface area contributed by atoms with Crippen LogP contribution >= 0.6 is 24.0 Å². The molecule has 2 aromatic rings. The van der Waals surface area contributed by atoms with Crippen LogP contribution in [0, 0.1) is 0 Å². The largest absolute Gasteiger partial charge is 0.385 e. The van der Waals surface area contributed by atoms with Gasteiger partial charge < -0.3 is 25.3 Å². The van der Waals surface area contributed by atoms with Crippen LogP contribution in [0.25, 0.3) is 10.9 Å². The van der Waals surface area contributed by atoms with E-state index >= 15 is 0 Å². The summed E-state index contributed by atoms with van der Waals surface area (Å²) in [6.45, 7) is 7.36. The third-order valence-corrected chi connectivity index (χ3v) is 5.93. The Morgan fingerprint density at radius 2 is 2.07 bits per heavy atom. The molecule has 0 radical (unpaired) electrons. The summed E-state index contributed by atoms with van der Waals surface area (Å²) in [6.07, 6.45) is 7.63. The monoisotopic (exact) mass is 527 g/mol. The molecule has 0 unspecified atom stereocenters. The van der Waals surface area contributed by atoms with E-state index in [1.807, 2.05) is 7.05 Å². The van der Waals surface area contributed by atoms with Crippen molar-refractivity contribution in [1.29, 1.82) is 0 Å². The van der Waals surface area contributed by atoms with E-state index in [1.165, 1.54) is 22.0 Å². The number of nitrogens with one attached hydrogen (secondary N) is 3. The fraction of sp³-hybridized carbons (Fsp3) is 0.609. The van der Waals surface area contributed by atoms with E-state index < -0.39 is 0 Å². The third kappa shape index (κ3) is 6.85. The number of hydrogen-bond acceptors (Lipinski definition) is 3. The summed E-state index contributed by atoms with van der Waals surface area (Å²) in [6, 6.07) is 7.08. The van der Waals surface area contributed by atoms with Crippen molar-refractivity contribution in [2.24, 2.45) is 4.99 Å². The number of aromatic nitrogens is 1. The summed E-state index contributed by atoms with van der Waals surface area (Å²) in [7, 11) is 3.63. The van der Waals surface area contributed by atoms with Crippen molar-refractivity contribution in [3.05, 3.63) is 35.5 Å².